The molecule has 216 valence electrons. The van der Waals surface area contributed by atoms with E-state index in [9.17, 15) is 19.1 Å². The van der Waals surface area contributed by atoms with Crippen molar-refractivity contribution in [2.75, 3.05) is 37.9 Å². The number of benzene rings is 2. The van der Waals surface area contributed by atoms with Gasteiger partial charge in [0.1, 0.15) is 28.7 Å². The maximum absolute atomic E-state index is 15.1. The minimum atomic E-state index is -2.00. The summed E-state index contributed by atoms with van der Waals surface area (Å²) in [6.45, 7) is 3.14. The SMILES string of the molecule is CC(=O)OCN1[C+]=NN(C[C@@](O)(c2ccc(F)cc2F)[C@@H](C)N2CCN(c3ccc(-n4cnnn4)cc3)C2=O)C1.[Br-]. The standard InChI is InChI=1S/C25H26F2N9O4.BrH/c1-17(34-9-10-35(24(34)38)20-4-6-21(7-5-20)36-13-28-30-31-36)25(39,22-8-3-19(26)11-23(22)27)12-33-15-32(14-29-33)16-40-18(2)37;/h3-8,11,13,17,39H,9-10,12,15-16H2,1-2H3;1H/q+1;/p-1/t17-,25+;/m1./s1. The molecule has 1 saturated heterocycles. The Labute approximate surface area is 244 Å². The molecule has 41 heavy (non-hydrogen) atoms. The molecule has 1 fully saturated rings. The number of hydrogen-bond acceptors (Lipinski definition) is 10. The number of esters is 1. The van der Waals surface area contributed by atoms with Crippen LogP contribution in [0.1, 0.15) is 19.4 Å². The fourth-order valence-corrected chi connectivity index (χ4v) is 4.75. The van der Waals surface area contributed by atoms with E-state index < -0.39 is 35.3 Å². The fourth-order valence-electron chi connectivity index (χ4n) is 4.75. The van der Waals surface area contributed by atoms with Crippen LogP contribution in [0.2, 0.25) is 0 Å². The first kappa shape index (κ1) is 29.7. The number of hydrogen-bond donors (Lipinski definition) is 1. The van der Waals surface area contributed by atoms with E-state index in [0.717, 1.165) is 12.1 Å². The zero-order valence-electron chi connectivity index (χ0n) is 22.1. The molecule has 0 saturated carbocycles. The highest BCUT2D eigenvalue weighted by molar-refractivity contribution is 5.94. The zero-order chi connectivity index (χ0) is 28.4. The quantitative estimate of drug-likeness (QED) is 0.218. The Morgan fingerprint density at radius 2 is 1.90 bits per heavy atom. The summed E-state index contributed by atoms with van der Waals surface area (Å²) in [5.41, 5.74) is -0.867. The molecule has 0 aliphatic carbocycles. The number of rotatable bonds is 9. The van der Waals surface area contributed by atoms with E-state index in [1.165, 1.54) is 32.7 Å². The molecule has 1 aromatic heterocycles. The van der Waals surface area contributed by atoms with E-state index in [2.05, 4.69) is 27.0 Å². The van der Waals surface area contributed by atoms with E-state index in [0.29, 0.717) is 24.0 Å². The van der Waals surface area contributed by atoms with Crippen LogP contribution in [0.25, 0.3) is 5.69 Å². The normalized spacial score (nSPS) is 16.9. The average Bonchev–Trinajstić information content (AvgIpc) is 3.69. The van der Waals surface area contributed by atoms with Crippen LogP contribution >= 0.6 is 0 Å². The second-order valence-electron chi connectivity index (χ2n) is 9.43. The molecule has 0 spiro atoms. The predicted octanol–water partition coefficient (Wildman–Crippen LogP) is -1.62. The number of ether oxygens (including phenoxy) is 1. The molecule has 13 nitrogen and oxygen atoms in total. The number of carbonyl (C=O) groups is 2. The van der Waals surface area contributed by atoms with E-state index >= 15 is 4.39 Å². The number of halogens is 3. The van der Waals surface area contributed by atoms with Crippen molar-refractivity contribution in [3.05, 3.63) is 66.0 Å². The number of tetrazole rings is 1. The molecule has 1 N–H and O–H groups in total. The van der Waals surface area contributed by atoms with Crippen molar-refractivity contribution in [3.63, 3.8) is 0 Å². The summed E-state index contributed by atoms with van der Waals surface area (Å²) in [5.74, 6) is -2.24. The molecular formula is C25H26BrF2N9O4. The first-order valence-electron chi connectivity index (χ1n) is 12.3. The lowest BCUT2D eigenvalue weighted by Crippen LogP contribution is -3.00. The summed E-state index contributed by atoms with van der Waals surface area (Å²) < 4.78 is 35.3. The number of hydrazone groups is 1. The van der Waals surface area contributed by atoms with Gasteiger partial charge in [0.25, 0.3) is 0 Å². The molecule has 3 heterocycles. The van der Waals surface area contributed by atoms with Gasteiger partial charge < -0.3 is 31.7 Å². The highest BCUT2D eigenvalue weighted by Crippen LogP contribution is 2.35. The highest BCUT2D eigenvalue weighted by atomic mass is 79.9. The minimum Gasteiger partial charge on any atom is -1.00 e. The van der Waals surface area contributed by atoms with Crippen molar-refractivity contribution < 1.29 is 45.2 Å². The Morgan fingerprint density at radius 1 is 1.17 bits per heavy atom. The van der Waals surface area contributed by atoms with E-state index in [1.54, 1.807) is 36.1 Å². The van der Waals surface area contributed by atoms with Crippen LogP contribution in [0.4, 0.5) is 19.3 Å². The second kappa shape index (κ2) is 12.1. The third-order valence-electron chi connectivity index (χ3n) is 6.88. The minimum absolute atomic E-state index is 0. The van der Waals surface area contributed by atoms with Crippen molar-refractivity contribution in [1.29, 1.82) is 0 Å². The molecule has 2 aliphatic rings. The van der Waals surface area contributed by atoms with Crippen LogP contribution in [0.5, 0.6) is 0 Å². The number of aliphatic hydroxyl groups is 1. The molecule has 0 radical (unpaired) electrons. The van der Waals surface area contributed by atoms with Gasteiger partial charge in [0.15, 0.2) is 6.67 Å². The van der Waals surface area contributed by atoms with Crippen LogP contribution in [0, 0.1) is 11.6 Å². The Balaban J connectivity index is 0.00000387. The number of amides is 2. The first-order valence-corrected chi connectivity index (χ1v) is 12.3. The van der Waals surface area contributed by atoms with Crippen molar-refractivity contribution in [1.82, 2.24) is 35.0 Å². The predicted molar refractivity (Wildman–Crippen MR) is 136 cm³/mol. The largest absolute Gasteiger partial charge is 1.00 e. The van der Waals surface area contributed by atoms with Gasteiger partial charge in [0.05, 0.1) is 18.3 Å². The Bertz CT molecular complexity index is 1410. The van der Waals surface area contributed by atoms with E-state index in [-0.39, 0.29) is 49.0 Å². The highest BCUT2D eigenvalue weighted by Gasteiger charge is 2.48. The van der Waals surface area contributed by atoms with Gasteiger partial charge in [0.2, 0.25) is 6.73 Å². The summed E-state index contributed by atoms with van der Waals surface area (Å²) in [4.78, 5) is 29.1. The fraction of sp³-hybridized carbons (Fsp3) is 0.360. The average molecular weight is 634 g/mol. The number of urea groups is 1. The lowest BCUT2D eigenvalue weighted by Gasteiger charge is -2.40. The number of carbonyl (C=O) groups excluding carboxylic acids is 2. The van der Waals surface area contributed by atoms with Crippen LogP contribution < -0.4 is 21.9 Å². The molecule has 0 bridgehead atoms. The molecule has 2 amide bonds. The molecule has 16 heteroatoms. The third-order valence-corrected chi connectivity index (χ3v) is 6.88. The summed E-state index contributed by atoms with van der Waals surface area (Å²) in [7, 11) is 0. The van der Waals surface area contributed by atoms with Gasteiger partial charge in [-0.3, -0.25) is 9.69 Å². The van der Waals surface area contributed by atoms with Gasteiger partial charge in [-0.25, -0.2) is 23.3 Å². The van der Waals surface area contributed by atoms with Gasteiger partial charge in [0, 0.05) is 37.3 Å². The van der Waals surface area contributed by atoms with Crippen LogP contribution in [-0.4, -0.2) is 97.5 Å². The Morgan fingerprint density at radius 3 is 2.56 bits per heavy atom. The van der Waals surface area contributed by atoms with Gasteiger partial charge in [-0.05, 0) is 47.7 Å². The number of anilines is 1. The number of β-amino-alcohol motifs (C(OH)–C–C–N with tert-alkyl or cyclic N) is 1. The van der Waals surface area contributed by atoms with E-state index in [1.807, 2.05) is 0 Å². The van der Waals surface area contributed by atoms with Crippen molar-refractivity contribution in [3.8, 4) is 5.69 Å². The van der Waals surface area contributed by atoms with Gasteiger partial charge in [-0.2, -0.15) is 0 Å². The molecule has 0 unspecified atom stereocenters. The Hall–Kier alpha value is -4.27. The second-order valence-corrected chi connectivity index (χ2v) is 9.43. The van der Waals surface area contributed by atoms with E-state index in [4.69, 9.17) is 4.74 Å². The maximum atomic E-state index is 15.1. The summed E-state index contributed by atoms with van der Waals surface area (Å²) in [5, 5.41) is 28.6. The molecular weight excluding hydrogens is 608 g/mol. The van der Waals surface area contributed by atoms with Gasteiger partial charge in [-0.1, -0.05) is 11.0 Å². The topological polar surface area (TPSA) is 133 Å². The lowest BCUT2D eigenvalue weighted by atomic mass is 9.85. The summed E-state index contributed by atoms with van der Waals surface area (Å²) >= 11 is 0. The number of aromatic nitrogens is 4. The van der Waals surface area contributed by atoms with Crippen LogP contribution in [0.3, 0.4) is 0 Å². The third kappa shape index (κ3) is 6.09. The maximum Gasteiger partial charge on any atom is 0.547 e. The molecule has 2 atom stereocenters. The molecule has 2 aromatic carbocycles. The van der Waals surface area contributed by atoms with Crippen LogP contribution in [0.15, 0.2) is 53.9 Å². The van der Waals surface area contributed by atoms with Gasteiger partial charge >= 0.3 is 18.3 Å². The smallest absolute Gasteiger partial charge is 0.547 e. The summed E-state index contributed by atoms with van der Waals surface area (Å²) in [6, 6.07) is 8.58. The first-order chi connectivity index (χ1) is 19.2. The van der Waals surface area contributed by atoms with Gasteiger partial charge in [-0.15, -0.1) is 5.10 Å². The summed E-state index contributed by atoms with van der Waals surface area (Å²) in [6.07, 6.45) is 4.11. The Kier molecular flexibility index (Phi) is 8.75. The van der Waals surface area contributed by atoms with Crippen molar-refractivity contribution in [2.45, 2.75) is 25.5 Å². The van der Waals surface area contributed by atoms with Crippen molar-refractivity contribution in [2.24, 2.45) is 5.10 Å². The zero-order valence-corrected chi connectivity index (χ0v) is 23.6. The number of nitrogens with zero attached hydrogens (tertiary/aromatic N) is 9. The molecule has 3 aromatic rings. The molecule has 2 aliphatic heterocycles. The monoisotopic (exact) mass is 633 g/mol. The lowest BCUT2D eigenvalue weighted by molar-refractivity contribution is -0.144. The van der Waals surface area contributed by atoms with Crippen LogP contribution in [-0.2, 0) is 15.1 Å². The van der Waals surface area contributed by atoms with Crippen molar-refractivity contribution >= 4 is 24.0 Å². The molecule has 5 rings (SSSR count).